The summed E-state index contributed by atoms with van der Waals surface area (Å²) in [4.78, 5) is 4.28. The van der Waals surface area contributed by atoms with Crippen molar-refractivity contribution in [3.8, 4) is 0 Å². The van der Waals surface area contributed by atoms with Crippen molar-refractivity contribution in [1.29, 1.82) is 0 Å². The first-order valence-corrected chi connectivity index (χ1v) is 8.44. The van der Waals surface area contributed by atoms with Gasteiger partial charge < -0.3 is 9.51 Å². The highest BCUT2D eigenvalue weighted by atomic mass is 16.3. The molecule has 0 aliphatic heterocycles. The molecule has 2 aliphatic rings. The zero-order chi connectivity index (χ0) is 14.2. The van der Waals surface area contributed by atoms with Crippen LogP contribution in [0.5, 0.6) is 0 Å². The molecule has 1 N–H and O–H groups in total. The maximum atomic E-state index is 10.7. The van der Waals surface area contributed by atoms with Gasteiger partial charge in [0, 0.05) is 12.6 Å². The highest BCUT2D eigenvalue weighted by Crippen LogP contribution is 2.43. The zero-order valence-electron chi connectivity index (χ0n) is 12.5. The van der Waals surface area contributed by atoms with Gasteiger partial charge in [0.1, 0.15) is 0 Å². The fraction of sp³-hybridized carbons (Fsp3) is 0.611. The summed E-state index contributed by atoms with van der Waals surface area (Å²) >= 11 is 0. The molecule has 2 aromatic heterocycles. The number of hydrogen-bond acceptors (Lipinski definition) is 2. The minimum atomic E-state index is -0.191. The molecule has 3 heteroatoms. The smallest absolute Gasteiger partial charge is 0.0992 e. The van der Waals surface area contributed by atoms with Gasteiger partial charge in [-0.1, -0.05) is 19.3 Å². The molecule has 2 aromatic rings. The summed E-state index contributed by atoms with van der Waals surface area (Å²) in [6, 6.07) is 2.25. The summed E-state index contributed by atoms with van der Waals surface area (Å²) in [5.74, 6) is 1.22. The van der Waals surface area contributed by atoms with Crippen molar-refractivity contribution in [2.45, 2.75) is 63.4 Å². The van der Waals surface area contributed by atoms with Crippen molar-refractivity contribution in [2.24, 2.45) is 5.92 Å². The van der Waals surface area contributed by atoms with Gasteiger partial charge in [-0.3, -0.25) is 0 Å². The second kappa shape index (κ2) is 5.45. The summed E-state index contributed by atoms with van der Waals surface area (Å²) < 4.78 is 2.09. The Hall–Kier alpha value is -1.35. The van der Waals surface area contributed by atoms with Crippen molar-refractivity contribution < 1.29 is 5.11 Å². The van der Waals surface area contributed by atoms with Gasteiger partial charge in [0.15, 0.2) is 0 Å². The molecule has 2 fully saturated rings. The summed E-state index contributed by atoms with van der Waals surface area (Å²) in [7, 11) is 0. The molecule has 0 spiro atoms. The topological polar surface area (TPSA) is 37.5 Å². The predicted molar refractivity (Wildman–Crippen MR) is 83.5 cm³/mol. The first-order valence-electron chi connectivity index (χ1n) is 8.44. The molecular weight excluding hydrogens is 260 g/mol. The third kappa shape index (κ3) is 2.59. The molecule has 3 nitrogen and oxygen atoms in total. The molecule has 0 radical (unpaired) electrons. The lowest BCUT2D eigenvalue weighted by atomic mass is 9.82. The molecule has 0 amide bonds. The fourth-order valence-electron chi connectivity index (χ4n) is 3.96. The van der Waals surface area contributed by atoms with Gasteiger partial charge in [-0.15, -0.1) is 0 Å². The van der Waals surface area contributed by atoms with Crippen molar-refractivity contribution in [2.75, 3.05) is 0 Å². The van der Waals surface area contributed by atoms with Crippen LogP contribution in [0.15, 0.2) is 24.8 Å². The number of nitrogens with zero attached hydrogens (tertiary/aromatic N) is 2. The van der Waals surface area contributed by atoms with E-state index in [0.29, 0.717) is 5.92 Å². The maximum Gasteiger partial charge on any atom is 0.0992 e. The quantitative estimate of drug-likeness (QED) is 0.929. The summed E-state index contributed by atoms with van der Waals surface area (Å²) in [6.45, 7) is 0. The minimum absolute atomic E-state index is 0.191. The van der Waals surface area contributed by atoms with Crippen LogP contribution in [0.25, 0.3) is 5.52 Å². The zero-order valence-corrected chi connectivity index (χ0v) is 12.5. The van der Waals surface area contributed by atoms with E-state index >= 15 is 0 Å². The lowest BCUT2D eigenvalue weighted by molar-refractivity contribution is 0.0851. The van der Waals surface area contributed by atoms with Crippen LogP contribution in [-0.4, -0.2) is 20.6 Å². The molecule has 2 heterocycles. The average Bonchev–Trinajstić information content (AvgIpc) is 3.25. The van der Waals surface area contributed by atoms with Gasteiger partial charge in [-0.05, 0) is 54.7 Å². The van der Waals surface area contributed by atoms with E-state index in [0.717, 1.165) is 12.3 Å². The number of fused-ring (bicyclic) bond motifs is 1. The van der Waals surface area contributed by atoms with E-state index in [2.05, 4.69) is 21.6 Å². The van der Waals surface area contributed by atoms with Crippen LogP contribution in [0, 0.1) is 5.92 Å². The van der Waals surface area contributed by atoms with Crippen LogP contribution in [0.1, 0.15) is 62.0 Å². The van der Waals surface area contributed by atoms with Crippen LogP contribution in [0.2, 0.25) is 0 Å². The first kappa shape index (κ1) is 13.3. The number of hydrogen-bond donors (Lipinski definition) is 1. The van der Waals surface area contributed by atoms with E-state index < -0.39 is 0 Å². The lowest BCUT2D eigenvalue weighted by Crippen LogP contribution is -2.25. The third-order valence-electron chi connectivity index (χ3n) is 5.36. The molecule has 21 heavy (non-hydrogen) atoms. The SMILES string of the molecule is O[C@@H](Cc1c(C2CC2)ccn2cncc12)C1CCCCC1. The Morgan fingerprint density at radius 1 is 1.19 bits per heavy atom. The van der Waals surface area contributed by atoms with Crippen molar-refractivity contribution in [3.63, 3.8) is 0 Å². The van der Waals surface area contributed by atoms with Gasteiger partial charge in [-0.2, -0.15) is 0 Å². The molecule has 1 atom stereocenters. The van der Waals surface area contributed by atoms with E-state index in [9.17, 15) is 5.11 Å². The number of imidazole rings is 1. The summed E-state index contributed by atoms with van der Waals surface area (Å²) in [5.41, 5.74) is 3.99. The van der Waals surface area contributed by atoms with Crippen LogP contribution in [-0.2, 0) is 6.42 Å². The second-order valence-corrected chi connectivity index (χ2v) is 6.88. The molecule has 4 rings (SSSR count). The van der Waals surface area contributed by atoms with E-state index in [1.807, 2.05) is 12.5 Å². The molecule has 0 saturated heterocycles. The molecule has 0 bridgehead atoms. The average molecular weight is 284 g/mol. The number of pyridine rings is 1. The fourth-order valence-corrected chi connectivity index (χ4v) is 3.96. The first-order chi connectivity index (χ1) is 10.3. The highest BCUT2D eigenvalue weighted by Gasteiger charge is 2.29. The monoisotopic (exact) mass is 284 g/mol. The summed E-state index contributed by atoms with van der Waals surface area (Å²) in [5, 5.41) is 10.7. The number of rotatable bonds is 4. The highest BCUT2D eigenvalue weighted by molar-refractivity contribution is 5.58. The Morgan fingerprint density at radius 2 is 2.00 bits per heavy atom. The van der Waals surface area contributed by atoms with Gasteiger partial charge in [0.2, 0.25) is 0 Å². The largest absolute Gasteiger partial charge is 0.392 e. The molecular formula is C18H24N2O. The molecule has 112 valence electrons. The Balaban J connectivity index is 1.64. The van der Waals surface area contributed by atoms with Crippen molar-refractivity contribution in [3.05, 3.63) is 35.9 Å². The number of aliphatic hydroxyl groups is 1. The normalized spacial score (nSPS) is 21.8. The predicted octanol–water partition coefficient (Wildman–Crippen LogP) is 3.70. The van der Waals surface area contributed by atoms with Crippen LogP contribution >= 0.6 is 0 Å². The number of aromatic nitrogens is 2. The second-order valence-electron chi connectivity index (χ2n) is 6.88. The van der Waals surface area contributed by atoms with E-state index in [4.69, 9.17) is 0 Å². The third-order valence-corrected chi connectivity index (χ3v) is 5.36. The van der Waals surface area contributed by atoms with Gasteiger partial charge in [0.05, 0.1) is 24.1 Å². The Morgan fingerprint density at radius 3 is 2.76 bits per heavy atom. The van der Waals surface area contributed by atoms with Crippen LogP contribution in [0.4, 0.5) is 0 Å². The van der Waals surface area contributed by atoms with E-state index in [1.54, 1.807) is 0 Å². The Bertz CT molecular complexity index is 623. The van der Waals surface area contributed by atoms with Crippen molar-refractivity contribution in [1.82, 2.24) is 9.38 Å². The Labute approximate surface area is 126 Å². The number of aliphatic hydroxyl groups excluding tert-OH is 1. The molecule has 2 aliphatic carbocycles. The minimum Gasteiger partial charge on any atom is -0.392 e. The van der Waals surface area contributed by atoms with E-state index in [1.165, 1.54) is 61.6 Å². The molecule has 0 aromatic carbocycles. The van der Waals surface area contributed by atoms with Gasteiger partial charge in [0.25, 0.3) is 0 Å². The van der Waals surface area contributed by atoms with Gasteiger partial charge in [-0.25, -0.2) is 4.98 Å². The van der Waals surface area contributed by atoms with Crippen LogP contribution < -0.4 is 0 Å². The standard InChI is InChI=1S/C18H24N2O/c21-18(14-4-2-1-3-5-14)10-16-15(13-6-7-13)8-9-20-12-19-11-17(16)20/h8-9,11-14,18,21H,1-7,10H2/t18-/m0/s1. The Kier molecular flexibility index (Phi) is 3.46. The molecule has 0 unspecified atom stereocenters. The molecule has 2 saturated carbocycles. The summed E-state index contributed by atoms with van der Waals surface area (Å²) in [6.07, 6.45) is 15.5. The van der Waals surface area contributed by atoms with Gasteiger partial charge >= 0.3 is 0 Å². The van der Waals surface area contributed by atoms with Crippen LogP contribution in [0.3, 0.4) is 0 Å². The lowest BCUT2D eigenvalue weighted by Gasteiger charge is -2.27. The maximum absolute atomic E-state index is 10.7. The van der Waals surface area contributed by atoms with E-state index in [-0.39, 0.29) is 6.10 Å². The van der Waals surface area contributed by atoms with Crippen molar-refractivity contribution >= 4 is 5.52 Å².